The SMILES string of the molecule is CCN(CCCC(C)Nc1ccnc2cc(Cl)ccc12)CCOC(=O)C=Cc1ccccc1. The molecular formula is C27H32ClN3O2. The van der Waals surface area contributed by atoms with Crippen molar-refractivity contribution in [2.24, 2.45) is 0 Å². The van der Waals surface area contributed by atoms with Crippen molar-refractivity contribution < 1.29 is 9.53 Å². The van der Waals surface area contributed by atoms with Crippen molar-refractivity contribution >= 4 is 40.2 Å². The smallest absolute Gasteiger partial charge is 0.330 e. The Bertz CT molecular complexity index is 1060. The highest BCUT2D eigenvalue weighted by Crippen LogP contribution is 2.25. The lowest BCUT2D eigenvalue weighted by Crippen LogP contribution is -2.30. The molecule has 1 atom stereocenters. The van der Waals surface area contributed by atoms with Crippen LogP contribution >= 0.6 is 11.6 Å². The number of hydrogen-bond donors (Lipinski definition) is 1. The fourth-order valence-corrected chi connectivity index (χ4v) is 3.85. The third-order valence-corrected chi connectivity index (χ3v) is 5.76. The molecule has 0 fully saturated rings. The van der Waals surface area contributed by atoms with Crippen LogP contribution in [0.2, 0.25) is 5.02 Å². The molecule has 0 saturated heterocycles. The number of carbonyl (C=O) groups excluding carboxylic acids is 1. The van der Waals surface area contributed by atoms with Gasteiger partial charge in [-0.1, -0.05) is 48.9 Å². The van der Waals surface area contributed by atoms with E-state index in [4.69, 9.17) is 16.3 Å². The Hall–Kier alpha value is -2.89. The summed E-state index contributed by atoms with van der Waals surface area (Å²) in [6.07, 6.45) is 7.15. The quantitative estimate of drug-likeness (QED) is 0.261. The second-order valence-electron chi connectivity index (χ2n) is 8.05. The normalized spacial score (nSPS) is 12.4. The van der Waals surface area contributed by atoms with Crippen molar-refractivity contribution in [3.8, 4) is 0 Å². The molecule has 6 heteroatoms. The lowest BCUT2D eigenvalue weighted by Gasteiger charge is -2.22. The van der Waals surface area contributed by atoms with Crippen LogP contribution in [-0.4, -0.2) is 48.1 Å². The summed E-state index contributed by atoms with van der Waals surface area (Å²) in [5, 5.41) is 5.37. The molecule has 0 aliphatic carbocycles. The predicted octanol–water partition coefficient (Wildman–Crippen LogP) is 6.05. The highest BCUT2D eigenvalue weighted by Gasteiger charge is 2.09. The molecule has 0 aliphatic heterocycles. The first-order valence-corrected chi connectivity index (χ1v) is 11.9. The van der Waals surface area contributed by atoms with Gasteiger partial charge in [-0.15, -0.1) is 0 Å². The monoisotopic (exact) mass is 465 g/mol. The van der Waals surface area contributed by atoms with Crippen LogP contribution in [0.3, 0.4) is 0 Å². The molecule has 0 amide bonds. The molecular weight excluding hydrogens is 434 g/mol. The molecule has 1 N–H and O–H groups in total. The van der Waals surface area contributed by atoms with E-state index in [0.29, 0.717) is 17.7 Å². The van der Waals surface area contributed by atoms with Gasteiger partial charge in [-0.3, -0.25) is 4.98 Å². The van der Waals surface area contributed by atoms with Crippen LogP contribution in [0.4, 0.5) is 5.69 Å². The van der Waals surface area contributed by atoms with E-state index in [-0.39, 0.29) is 5.97 Å². The van der Waals surface area contributed by atoms with Crippen molar-refractivity contribution in [3.05, 3.63) is 77.5 Å². The van der Waals surface area contributed by atoms with E-state index in [0.717, 1.165) is 54.6 Å². The number of halogens is 1. The second kappa shape index (κ2) is 13.0. The number of esters is 1. The van der Waals surface area contributed by atoms with Gasteiger partial charge in [-0.25, -0.2) is 4.79 Å². The summed E-state index contributed by atoms with van der Waals surface area (Å²) in [5.41, 5.74) is 2.95. The highest BCUT2D eigenvalue weighted by molar-refractivity contribution is 6.31. The predicted molar refractivity (Wildman–Crippen MR) is 138 cm³/mol. The molecule has 0 spiro atoms. The first-order chi connectivity index (χ1) is 16.0. The lowest BCUT2D eigenvalue weighted by molar-refractivity contribution is -0.138. The maximum atomic E-state index is 11.9. The van der Waals surface area contributed by atoms with Gasteiger partial charge in [0.05, 0.1) is 5.52 Å². The van der Waals surface area contributed by atoms with Gasteiger partial charge in [0.15, 0.2) is 0 Å². The van der Waals surface area contributed by atoms with Crippen LogP contribution in [0.1, 0.15) is 32.3 Å². The van der Waals surface area contributed by atoms with E-state index in [1.54, 1.807) is 6.08 Å². The number of nitrogens with zero attached hydrogens (tertiary/aromatic N) is 2. The molecule has 0 saturated carbocycles. The van der Waals surface area contributed by atoms with Crippen LogP contribution in [-0.2, 0) is 9.53 Å². The zero-order valence-corrected chi connectivity index (χ0v) is 20.1. The van der Waals surface area contributed by atoms with Crippen molar-refractivity contribution in [1.29, 1.82) is 0 Å². The third-order valence-electron chi connectivity index (χ3n) is 5.53. The van der Waals surface area contributed by atoms with Crippen LogP contribution in [0, 0.1) is 0 Å². The Morgan fingerprint density at radius 1 is 1.18 bits per heavy atom. The number of aromatic nitrogens is 1. The number of carbonyl (C=O) groups is 1. The largest absolute Gasteiger partial charge is 0.461 e. The van der Waals surface area contributed by atoms with Gasteiger partial charge in [-0.2, -0.15) is 0 Å². The van der Waals surface area contributed by atoms with Crippen molar-refractivity contribution in [1.82, 2.24) is 9.88 Å². The number of likely N-dealkylation sites (N-methyl/N-ethyl adjacent to an activating group) is 1. The number of anilines is 1. The molecule has 3 aromatic rings. The van der Waals surface area contributed by atoms with E-state index in [9.17, 15) is 4.79 Å². The van der Waals surface area contributed by atoms with Gasteiger partial charge in [0, 0.05) is 41.0 Å². The Kier molecular flexibility index (Phi) is 9.73. The molecule has 1 heterocycles. The summed E-state index contributed by atoms with van der Waals surface area (Å²) in [7, 11) is 0. The minimum atomic E-state index is -0.307. The van der Waals surface area contributed by atoms with Gasteiger partial charge in [0.25, 0.3) is 0 Å². The molecule has 0 bridgehead atoms. The standard InChI is InChI=1S/C27H32ClN3O2/c1-3-31(18-19-33-27(32)14-11-22-9-5-4-6-10-22)17-7-8-21(2)30-25-15-16-29-26-20-23(28)12-13-24(25)26/h4-6,9-16,20-21H,3,7-8,17-19H2,1-2H3,(H,29,30). The van der Waals surface area contributed by atoms with Crippen LogP contribution in [0.5, 0.6) is 0 Å². The number of ether oxygens (including phenoxy) is 1. The average Bonchev–Trinajstić information content (AvgIpc) is 2.82. The Morgan fingerprint density at radius 3 is 2.79 bits per heavy atom. The van der Waals surface area contributed by atoms with E-state index in [2.05, 4.69) is 29.0 Å². The number of benzene rings is 2. The Morgan fingerprint density at radius 2 is 2.00 bits per heavy atom. The van der Waals surface area contributed by atoms with Crippen LogP contribution < -0.4 is 5.32 Å². The maximum absolute atomic E-state index is 11.9. The van der Waals surface area contributed by atoms with E-state index in [1.807, 2.05) is 60.8 Å². The second-order valence-corrected chi connectivity index (χ2v) is 8.49. The molecule has 0 aliphatic rings. The molecule has 174 valence electrons. The third kappa shape index (κ3) is 8.19. The molecule has 1 aromatic heterocycles. The van der Waals surface area contributed by atoms with Gasteiger partial charge >= 0.3 is 5.97 Å². The summed E-state index contributed by atoms with van der Waals surface area (Å²) < 4.78 is 5.36. The summed E-state index contributed by atoms with van der Waals surface area (Å²) >= 11 is 6.09. The number of nitrogens with one attached hydrogen (secondary N) is 1. The summed E-state index contributed by atoms with van der Waals surface area (Å²) in [6, 6.07) is 17.8. The van der Waals surface area contributed by atoms with E-state index < -0.39 is 0 Å². The molecule has 1 unspecified atom stereocenters. The van der Waals surface area contributed by atoms with Crippen molar-refractivity contribution in [3.63, 3.8) is 0 Å². The summed E-state index contributed by atoms with van der Waals surface area (Å²) in [5.74, 6) is -0.307. The number of fused-ring (bicyclic) bond motifs is 1. The fourth-order valence-electron chi connectivity index (χ4n) is 3.69. The van der Waals surface area contributed by atoms with Crippen molar-refractivity contribution in [2.75, 3.05) is 31.6 Å². The van der Waals surface area contributed by atoms with E-state index >= 15 is 0 Å². The maximum Gasteiger partial charge on any atom is 0.330 e. The summed E-state index contributed by atoms with van der Waals surface area (Å²) in [4.78, 5) is 18.6. The van der Waals surface area contributed by atoms with E-state index in [1.165, 1.54) is 6.08 Å². The summed E-state index contributed by atoms with van der Waals surface area (Å²) in [6.45, 7) is 7.35. The molecule has 2 aromatic carbocycles. The first kappa shape index (κ1) is 24.7. The van der Waals surface area contributed by atoms with Gasteiger partial charge in [0.1, 0.15) is 6.61 Å². The number of rotatable bonds is 12. The minimum absolute atomic E-state index is 0.307. The molecule has 33 heavy (non-hydrogen) atoms. The van der Waals surface area contributed by atoms with Crippen LogP contribution in [0.25, 0.3) is 17.0 Å². The highest BCUT2D eigenvalue weighted by atomic mass is 35.5. The minimum Gasteiger partial charge on any atom is -0.461 e. The van der Waals surface area contributed by atoms with Gasteiger partial charge in [-0.05, 0) is 68.8 Å². The zero-order chi connectivity index (χ0) is 23.5. The number of pyridine rings is 1. The van der Waals surface area contributed by atoms with Crippen molar-refractivity contribution in [2.45, 2.75) is 32.7 Å². The van der Waals surface area contributed by atoms with Gasteiger partial charge in [0.2, 0.25) is 0 Å². The van der Waals surface area contributed by atoms with Crippen LogP contribution in [0.15, 0.2) is 66.9 Å². The zero-order valence-electron chi connectivity index (χ0n) is 19.3. The first-order valence-electron chi connectivity index (χ1n) is 11.5. The lowest BCUT2D eigenvalue weighted by atomic mass is 10.1. The number of hydrogen-bond acceptors (Lipinski definition) is 5. The topological polar surface area (TPSA) is 54.5 Å². The van der Waals surface area contributed by atoms with Gasteiger partial charge < -0.3 is 15.0 Å². The molecule has 3 rings (SSSR count). The average molecular weight is 466 g/mol. The molecule has 0 radical (unpaired) electrons. The fraction of sp³-hybridized carbons (Fsp3) is 0.333. The Labute approximate surface area is 201 Å². The molecule has 5 nitrogen and oxygen atoms in total. The Balaban J connectivity index is 1.37.